The lowest BCUT2D eigenvalue weighted by Gasteiger charge is -2.37. The molecule has 23 heavy (non-hydrogen) atoms. The molecule has 0 saturated carbocycles. The molecule has 0 bridgehead atoms. The van der Waals surface area contributed by atoms with Crippen molar-refractivity contribution in [2.45, 2.75) is 13.8 Å². The third-order valence-electron chi connectivity index (χ3n) is 3.54. The zero-order chi connectivity index (χ0) is 17.0. The molecule has 122 valence electrons. The molecule has 0 amide bonds. The summed E-state index contributed by atoms with van der Waals surface area (Å²) in [6.45, 7) is 4.83. The Hall–Kier alpha value is -2.50. The summed E-state index contributed by atoms with van der Waals surface area (Å²) in [6.07, 6.45) is 1.46. The zero-order valence-electron chi connectivity index (χ0n) is 13.0. The van der Waals surface area contributed by atoms with Crippen molar-refractivity contribution < 1.29 is 18.7 Å². The Bertz CT molecular complexity index is 683. The third kappa shape index (κ3) is 3.64. The minimum absolute atomic E-state index is 0.154. The average molecular weight is 320 g/mol. The number of hydrogen-bond acceptors (Lipinski definition) is 3. The van der Waals surface area contributed by atoms with Crippen LogP contribution in [-0.4, -0.2) is 29.1 Å². The fourth-order valence-electron chi connectivity index (χ4n) is 2.27. The number of halogens is 2. The van der Waals surface area contributed by atoms with Crippen LogP contribution in [0.2, 0.25) is 0 Å². The Morgan fingerprint density at radius 3 is 2.48 bits per heavy atom. The molecule has 1 aliphatic heterocycles. The summed E-state index contributed by atoms with van der Waals surface area (Å²) in [5.41, 5.74) is 0.632. The Kier molecular flexibility index (Phi) is 5.26. The van der Waals surface area contributed by atoms with Crippen LogP contribution in [-0.2, 0) is 4.79 Å². The highest BCUT2D eigenvalue weighted by Gasteiger charge is 2.33. The minimum Gasteiger partial charge on any atom is -0.481 e. The van der Waals surface area contributed by atoms with Gasteiger partial charge in [-0.2, -0.15) is 0 Å². The van der Waals surface area contributed by atoms with Gasteiger partial charge in [-0.25, -0.2) is 13.8 Å². The molecule has 1 N–H and O–H groups in total. The van der Waals surface area contributed by atoms with Crippen molar-refractivity contribution in [3.63, 3.8) is 0 Å². The first-order chi connectivity index (χ1) is 11.0. The number of carboxylic acid groups (broad SMARTS) is 1. The molecule has 2 heterocycles. The first-order valence-corrected chi connectivity index (χ1v) is 7.44. The maximum Gasteiger partial charge on any atom is 0.310 e. The van der Waals surface area contributed by atoms with Crippen LogP contribution >= 0.6 is 0 Å². The van der Waals surface area contributed by atoms with E-state index in [1.807, 2.05) is 18.7 Å². The van der Waals surface area contributed by atoms with Crippen molar-refractivity contribution in [3.05, 3.63) is 48.2 Å². The van der Waals surface area contributed by atoms with Crippen molar-refractivity contribution in [2.75, 3.05) is 18.0 Å². The number of anilines is 1. The number of rotatable bonds is 3. The largest absolute Gasteiger partial charge is 0.481 e. The fraction of sp³-hybridized carbons (Fsp3) is 0.294. The molecule has 0 unspecified atom stereocenters. The Balaban J connectivity index is 0.000000924. The number of pyridine rings is 1. The van der Waals surface area contributed by atoms with Crippen molar-refractivity contribution in [1.29, 1.82) is 0 Å². The summed E-state index contributed by atoms with van der Waals surface area (Å²) in [5, 5.41) is 8.82. The summed E-state index contributed by atoms with van der Waals surface area (Å²) < 4.78 is 26.8. The van der Waals surface area contributed by atoms with E-state index in [0.717, 1.165) is 18.2 Å². The highest BCUT2D eigenvalue weighted by molar-refractivity contribution is 5.74. The lowest BCUT2D eigenvalue weighted by atomic mass is 10.0. The zero-order valence-corrected chi connectivity index (χ0v) is 13.0. The highest BCUT2D eigenvalue weighted by Crippen LogP contribution is 2.27. The quantitative estimate of drug-likeness (QED) is 0.939. The van der Waals surface area contributed by atoms with Gasteiger partial charge in [0.1, 0.15) is 17.5 Å². The summed E-state index contributed by atoms with van der Waals surface area (Å²) in [4.78, 5) is 16.8. The predicted molar refractivity (Wildman–Crippen MR) is 84.3 cm³/mol. The molecular weight excluding hydrogens is 302 g/mol. The normalized spacial score (nSPS) is 13.8. The van der Waals surface area contributed by atoms with Gasteiger partial charge in [0.05, 0.1) is 5.92 Å². The first kappa shape index (κ1) is 16.9. The van der Waals surface area contributed by atoms with Crippen molar-refractivity contribution in [2.24, 2.45) is 5.92 Å². The summed E-state index contributed by atoms with van der Waals surface area (Å²) in [6, 6.07) is 6.58. The SMILES string of the molecule is CC.O=C(O)C1CN(c2ccc(-c3cc(F)ccc3F)cn2)C1. The second kappa shape index (κ2) is 7.17. The van der Waals surface area contributed by atoms with Crippen LogP contribution in [0, 0.1) is 17.6 Å². The summed E-state index contributed by atoms with van der Waals surface area (Å²) in [7, 11) is 0. The molecule has 0 radical (unpaired) electrons. The number of carbonyl (C=O) groups is 1. The predicted octanol–water partition coefficient (Wildman–Crippen LogP) is 3.57. The van der Waals surface area contributed by atoms with Crippen molar-refractivity contribution >= 4 is 11.8 Å². The second-order valence-electron chi connectivity index (χ2n) is 4.97. The van der Waals surface area contributed by atoms with E-state index in [2.05, 4.69) is 4.98 Å². The van der Waals surface area contributed by atoms with E-state index in [0.29, 0.717) is 24.5 Å². The maximum atomic E-state index is 13.7. The average Bonchev–Trinajstić information content (AvgIpc) is 2.51. The van der Waals surface area contributed by atoms with Gasteiger partial charge in [0, 0.05) is 30.4 Å². The topological polar surface area (TPSA) is 53.4 Å². The summed E-state index contributed by atoms with van der Waals surface area (Å²) in [5.74, 6) is -1.58. The van der Waals surface area contributed by atoms with Gasteiger partial charge in [0.15, 0.2) is 0 Å². The van der Waals surface area contributed by atoms with Gasteiger partial charge in [-0.1, -0.05) is 13.8 Å². The molecule has 3 rings (SSSR count). The van der Waals surface area contributed by atoms with Crippen molar-refractivity contribution in [3.8, 4) is 11.1 Å². The maximum absolute atomic E-state index is 13.7. The van der Waals surface area contributed by atoms with E-state index in [4.69, 9.17) is 5.11 Å². The van der Waals surface area contributed by atoms with E-state index < -0.39 is 17.6 Å². The number of benzene rings is 1. The van der Waals surface area contributed by atoms with Gasteiger partial charge in [0.25, 0.3) is 0 Å². The van der Waals surface area contributed by atoms with Gasteiger partial charge in [-0.3, -0.25) is 4.79 Å². The molecular formula is C17H18F2N2O2. The minimum atomic E-state index is -0.815. The third-order valence-corrected chi connectivity index (χ3v) is 3.54. The first-order valence-electron chi connectivity index (χ1n) is 7.44. The lowest BCUT2D eigenvalue weighted by molar-refractivity contribution is -0.142. The van der Waals surface area contributed by atoms with Crippen LogP contribution in [0.5, 0.6) is 0 Å². The van der Waals surface area contributed by atoms with E-state index in [1.54, 1.807) is 12.1 Å². The molecule has 1 aliphatic rings. The Labute approximate surface area is 133 Å². The lowest BCUT2D eigenvalue weighted by Crippen LogP contribution is -2.50. The van der Waals surface area contributed by atoms with Crippen LogP contribution in [0.1, 0.15) is 13.8 Å². The van der Waals surface area contributed by atoms with Gasteiger partial charge >= 0.3 is 5.97 Å². The Morgan fingerprint density at radius 1 is 1.22 bits per heavy atom. The van der Waals surface area contributed by atoms with Crippen LogP contribution in [0.15, 0.2) is 36.5 Å². The molecule has 1 aromatic carbocycles. The molecule has 1 saturated heterocycles. The smallest absolute Gasteiger partial charge is 0.310 e. The van der Waals surface area contributed by atoms with E-state index in [9.17, 15) is 13.6 Å². The molecule has 0 atom stereocenters. The monoisotopic (exact) mass is 320 g/mol. The Morgan fingerprint density at radius 2 is 1.91 bits per heavy atom. The van der Waals surface area contributed by atoms with Gasteiger partial charge in [0.2, 0.25) is 0 Å². The molecule has 6 heteroatoms. The van der Waals surface area contributed by atoms with Gasteiger partial charge in [-0.05, 0) is 30.3 Å². The summed E-state index contributed by atoms with van der Waals surface area (Å²) >= 11 is 0. The molecule has 0 spiro atoms. The number of aromatic nitrogens is 1. The van der Waals surface area contributed by atoms with Crippen LogP contribution in [0.4, 0.5) is 14.6 Å². The molecule has 0 aliphatic carbocycles. The number of aliphatic carboxylic acids is 1. The van der Waals surface area contributed by atoms with Crippen LogP contribution in [0.25, 0.3) is 11.1 Å². The molecule has 1 aromatic heterocycles. The van der Waals surface area contributed by atoms with Crippen LogP contribution < -0.4 is 4.90 Å². The van der Waals surface area contributed by atoms with Crippen molar-refractivity contribution in [1.82, 2.24) is 4.98 Å². The number of hydrogen-bond donors (Lipinski definition) is 1. The molecule has 2 aromatic rings. The fourth-order valence-corrected chi connectivity index (χ4v) is 2.27. The number of nitrogens with zero attached hydrogens (tertiary/aromatic N) is 2. The van der Waals surface area contributed by atoms with Crippen LogP contribution in [0.3, 0.4) is 0 Å². The molecule has 1 fully saturated rings. The molecule has 4 nitrogen and oxygen atoms in total. The van der Waals surface area contributed by atoms with E-state index in [1.165, 1.54) is 6.20 Å². The number of carboxylic acids is 1. The van der Waals surface area contributed by atoms with E-state index in [-0.39, 0.29) is 11.5 Å². The second-order valence-corrected chi connectivity index (χ2v) is 4.97. The van der Waals surface area contributed by atoms with Gasteiger partial charge < -0.3 is 10.0 Å². The standard InChI is InChI=1S/C15H12F2N2O2.C2H6/c16-11-2-3-13(17)12(5-11)9-1-4-14(18-6-9)19-7-10(8-19)15(20)21;1-2/h1-6,10H,7-8H2,(H,20,21);1-2H3. The van der Waals surface area contributed by atoms with E-state index >= 15 is 0 Å². The van der Waals surface area contributed by atoms with Gasteiger partial charge in [-0.15, -0.1) is 0 Å². The highest BCUT2D eigenvalue weighted by atomic mass is 19.1.